The largest absolute Gasteiger partial charge is 0.465 e. The van der Waals surface area contributed by atoms with Crippen molar-refractivity contribution >= 4 is 52.3 Å². The average molecular weight is 521 g/mol. The minimum absolute atomic E-state index is 0.367. The van der Waals surface area contributed by atoms with E-state index in [0.29, 0.717) is 5.56 Å². The van der Waals surface area contributed by atoms with E-state index in [4.69, 9.17) is 14.7 Å². The van der Waals surface area contributed by atoms with E-state index in [2.05, 4.69) is 40.3 Å². The summed E-state index contributed by atoms with van der Waals surface area (Å²) in [6.45, 7) is 0. The maximum Gasteiger partial charge on any atom is 0.337 e. The number of aromatic nitrogens is 4. The van der Waals surface area contributed by atoms with Gasteiger partial charge in [-0.2, -0.15) is 0 Å². The first kappa shape index (κ1) is 23.6. The maximum absolute atomic E-state index is 12.0. The Labute approximate surface area is 230 Å². The number of rotatable bonds is 3. The van der Waals surface area contributed by atoms with Gasteiger partial charge < -0.3 is 14.7 Å². The molecule has 192 valence electrons. The smallest absolute Gasteiger partial charge is 0.337 e. The van der Waals surface area contributed by atoms with Gasteiger partial charge in [-0.15, -0.1) is 0 Å². The summed E-state index contributed by atoms with van der Waals surface area (Å²) in [4.78, 5) is 29.1. The van der Waals surface area contributed by atoms with Crippen LogP contribution in [0.15, 0.2) is 91.0 Å². The van der Waals surface area contributed by atoms with Gasteiger partial charge in [-0.3, -0.25) is 0 Å². The van der Waals surface area contributed by atoms with Crippen molar-refractivity contribution in [2.75, 3.05) is 7.11 Å². The van der Waals surface area contributed by atoms with E-state index >= 15 is 0 Å². The van der Waals surface area contributed by atoms with Gasteiger partial charge in [-0.1, -0.05) is 42.5 Å². The van der Waals surface area contributed by atoms with Gasteiger partial charge in [-0.25, -0.2) is 14.8 Å². The molecule has 2 aromatic carbocycles. The molecule has 2 aliphatic heterocycles. The van der Waals surface area contributed by atoms with Crippen molar-refractivity contribution in [2.45, 2.75) is 0 Å². The summed E-state index contributed by atoms with van der Waals surface area (Å²) in [6, 6.07) is 30.0. The van der Waals surface area contributed by atoms with Gasteiger partial charge >= 0.3 is 5.97 Å². The second-order valence-corrected chi connectivity index (χ2v) is 9.64. The van der Waals surface area contributed by atoms with Crippen LogP contribution >= 0.6 is 0 Å². The first-order chi connectivity index (χ1) is 19.6. The van der Waals surface area contributed by atoms with E-state index in [-0.39, 0.29) is 5.97 Å². The number of nitrogens with zero attached hydrogens (tertiary/aromatic N) is 2. The van der Waals surface area contributed by atoms with Crippen LogP contribution in [0.5, 0.6) is 0 Å². The van der Waals surface area contributed by atoms with E-state index < -0.39 is 0 Å². The second kappa shape index (κ2) is 9.67. The lowest BCUT2D eigenvalue weighted by Gasteiger charge is -2.05. The number of fused-ring (bicyclic) bond motifs is 8. The zero-order chi connectivity index (χ0) is 27.1. The maximum atomic E-state index is 12.0. The first-order valence-corrected chi connectivity index (χ1v) is 13.0. The highest BCUT2D eigenvalue weighted by Gasteiger charge is 2.14. The molecule has 3 aromatic heterocycles. The van der Waals surface area contributed by atoms with E-state index in [1.165, 1.54) is 7.11 Å². The van der Waals surface area contributed by atoms with Crippen LogP contribution in [-0.2, 0) is 4.74 Å². The van der Waals surface area contributed by atoms with Gasteiger partial charge in [-0.05, 0) is 84.0 Å². The Morgan fingerprint density at radius 3 is 1.68 bits per heavy atom. The zero-order valence-electron chi connectivity index (χ0n) is 21.7. The molecule has 0 radical (unpaired) electrons. The predicted octanol–water partition coefficient (Wildman–Crippen LogP) is 7.78. The molecule has 5 heterocycles. The highest BCUT2D eigenvalue weighted by Crippen LogP contribution is 2.32. The lowest BCUT2D eigenvalue weighted by atomic mass is 10.0. The quantitative estimate of drug-likeness (QED) is 0.233. The molecule has 6 heteroatoms. The average Bonchev–Trinajstić information content (AvgIpc) is 3.80. The number of hydrogen-bond donors (Lipinski definition) is 2. The minimum atomic E-state index is -0.367. The van der Waals surface area contributed by atoms with Crippen LogP contribution in [0.2, 0.25) is 0 Å². The van der Waals surface area contributed by atoms with Crippen LogP contribution < -0.4 is 0 Å². The van der Waals surface area contributed by atoms with E-state index in [1.54, 1.807) is 12.1 Å². The molecule has 40 heavy (non-hydrogen) atoms. The molecule has 0 saturated carbocycles. The second-order valence-electron chi connectivity index (χ2n) is 9.64. The van der Waals surface area contributed by atoms with Crippen molar-refractivity contribution in [3.05, 3.63) is 119 Å². The highest BCUT2D eigenvalue weighted by molar-refractivity contribution is 5.94. The molecule has 5 aromatic rings. The molecule has 2 aliphatic rings. The highest BCUT2D eigenvalue weighted by atomic mass is 16.5. The molecule has 0 fully saturated rings. The Balaban J connectivity index is 1.51. The molecule has 0 saturated heterocycles. The van der Waals surface area contributed by atoms with E-state index in [0.717, 1.165) is 67.1 Å². The van der Waals surface area contributed by atoms with Crippen LogP contribution in [0.4, 0.5) is 0 Å². The summed E-state index contributed by atoms with van der Waals surface area (Å²) in [5.41, 5.74) is 11.7. The Morgan fingerprint density at radius 1 is 0.625 bits per heavy atom. The van der Waals surface area contributed by atoms with Crippen molar-refractivity contribution in [3.63, 3.8) is 0 Å². The van der Waals surface area contributed by atoms with Crippen LogP contribution in [-0.4, -0.2) is 33.0 Å². The van der Waals surface area contributed by atoms with E-state index in [9.17, 15) is 4.79 Å². The topological polar surface area (TPSA) is 83.7 Å². The summed E-state index contributed by atoms with van der Waals surface area (Å²) in [7, 11) is 1.38. The fourth-order valence-corrected chi connectivity index (χ4v) is 5.18. The number of aromatic amines is 2. The number of ether oxygens (including phenoxy) is 1. The lowest BCUT2D eigenvalue weighted by molar-refractivity contribution is 0.0600. The number of hydrogen-bond acceptors (Lipinski definition) is 4. The van der Waals surface area contributed by atoms with Crippen LogP contribution in [0.1, 0.15) is 33.1 Å². The Morgan fingerprint density at radius 2 is 1.15 bits per heavy atom. The zero-order valence-corrected chi connectivity index (χ0v) is 21.7. The molecule has 7 rings (SSSR count). The van der Waals surface area contributed by atoms with Gasteiger partial charge in [0.1, 0.15) is 0 Å². The summed E-state index contributed by atoms with van der Waals surface area (Å²) in [6.07, 6.45) is 8.13. The summed E-state index contributed by atoms with van der Waals surface area (Å²) in [5.74, 6) is -0.367. The van der Waals surface area contributed by atoms with Gasteiger partial charge in [0.05, 0.1) is 35.4 Å². The standard InChI is InChI=1S/C34H24N4O2/c1-40-34(39)23-9-7-22(8-10-23)33-30-17-13-26(37-30)19-24-11-15-28(35-24)32(21-5-3-2-4-6-21)29-16-12-25(36-29)20-27-14-18-31(33)38-27/h2-20,35,38H,1H3. The van der Waals surface area contributed by atoms with Crippen molar-refractivity contribution in [3.8, 4) is 22.3 Å². The number of methoxy groups -OCH3 is 1. The molecule has 0 amide bonds. The normalized spacial score (nSPS) is 12.0. The van der Waals surface area contributed by atoms with Gasteiger partial charge in [0.15, 0.2) is 0 Å². The van der Waals surface area contributed by atoms with E-state index in [1.807, 2.05) is 72.8 Å². The number of H-pyrrole nitrogens is 2. The van der Waals surface area contributed by atoms with Gasteiger partial charge in [0.25, 0.3) is 0 Å². The molecular weight excluding hydrogens is 496 g/mol. The molecular formula is C34H24N4O2. The fraction of sp³-hybridized carbons (Fsp3) is 0.0294. The molecule has 8 bridgehead atoms. The summed E-state index contributed by atoms with van der Waals surface area (Å²) >= 11 is 0. The number of nitrogens with one attached hydrogen (secondary N) is 2. The van der Waals surface area contributed by atoms with Crippen molar-refractivity contribution in [1.82, 2.24) is 19.9 Å². The van der Waals surface area contributed by atoms with Crippen LogP contribution in [0, 0.1) is 0 Å². The van der Waals surface area contributed by atoms with Crippen LogP contribution in [0.3, 0.4) is 0 Å². The fourth-order valence-electron chi connectivity index (χ4n) is 5.18. The third-order valence-corrected chi connectivity index (χ3v) is 7.06. The van der Waals surface area contributed by atoms with Gasteiger partial charge in [0.2, 0.25) is 0 Å². The first-order valence-electron chi connectivity index (χ1n) is 13.0. The number of esters is 1. The predicted molar refractivity (Wildman–Crippen MR) is 161 cm³/mol. The number of benzene rings is 2. The van der Waals surface area contributed by atoms with Crippen molar-refractivity contribution < 1.29 is 9.53 Å². The monoisotopic (exact) mass is 520 g/mol. The Hall–Kier alpha value is -5.49. The third kappa shape index (κ3) is 4.31. The number of carbonyl (C=O) groups excluding carboxylic acids is 1. The van der Waals surface area contributed by atoms with Crippen molar-refractivity contribution in [1.29, 1.82) is 0 Å². The van der Waals surface area contributed by atoms with Gasteiger partial charge in [0, 0.05) is 33.2 Å². The summed E-state index contributed by atoms with van der Waals surface area (Å²) in [5, 5.41) is 0. The Bertz CT molecular complexity index is 2000. The lowest BCUT2D eigenvalue weighted by Crippen LogP contribution is -2.00. The molecule has 0 spiro atoms. The van der Waals surface area contributed by atoms with Crippen LogP contribution in [0.25, 0.3) is 68.6 Å². The summed E-state index contributed by atoms with van der Waals surface area (Å²) < 4.78 is 4.87. The molecule has 0 aliphatic carbocycles. The number of carbonyl (C=O) groups is 1. The minimum Gasteiger partial charge on any atom is -0.465 e. The van der Waals surface area contributed by atoms with Crippen molar-refractivity contribution in [2.24, 2.45) is 0 Å². The molecule has 2 N–H and O–H groups in total. The SMILES string of the molecule is COC(=O)c1ccc(-c2c3nc(cc4ccc([nH]4)c(-c4ccccc4)c4nc(cc5ccc2[nH]5)C=C4)C=C3)cc1. The Kier molecular flexibility index (Phi) is 5.71. The molecule has 0 unspecified atom stereocenters. The molecule has 0 atom stereocenters. The molecule has 6 nitrogen and oxygen atoms in total. The third-order valence-electron chi connectivity index (χ3n) is 7.06.